The third-order valence-corrected chi connectivity index (χ3v) is 4.84. The lowest BCUT2D eigenvalue weighted by atomic mass is 10.1. The minimum Gasteiger partial charge on any atom is -0.338 e. The maximum atomic E-state index is 12.4. The van der Waals surface area contributed by atoms with Gasteiger partial charge in [0.2, 0.25) is 0 Å². The van der Waals surface area contributed by atoms with Gasteiger partial charge in [-0.05, 0) is 30.5 Å². The number of hydrogen-bond acceptors (Lipinski definition) is 4. The van der Waals surface area contributed by atoms with Crippen molar-refractivity contribution >= 4 is 6.03 Å². The average molecular weight is 362 g/mol. The Morgan fingerprint density at radius 2 is 1.85 bits per heavy atom. The van der Waals surface area contributed by atoms with Gasteiger partial charge in [-0.1, -0.05) is 53.7 Å². The van der Waals surface area contributed by atoms with Crippen LogP contribution in [0.4, 0.5) is 4.79 Å². The highest BCUT2D eigenvalue weighted by Crippen LogP contribution is 2.27. The summed E-state index contributed by atoms with van der Waals surface area (Å²) in [7, 11) is 0. The zero-order chi connectivity index (χ0) is 18.5. The van der Waals surface area contributed by atoms with Gasteiger partial charge in [0.05, 0.1) is 0 Å². The molecular weight excluding hydrogens is 340 g/mol. The first-order chi connectivity index (χ1) is 13.3. The van der Waals surface area contributed by atoms with Gasteiger partial charge in [-0.15, -0.1) is 0 Å². The van der Waals surface area contributed by atoms with Crippen molar-refractivity contribution in [3.05, 3.63) is 72.1 Å². The summed E-state index contributed by atoms with van der Waals surface area (Å²) in [5.74, 6) is 1.32. The largest absolute Gasteiger partial charge is 0.338 e. The molecular formula is C21H22N4O2. The molecule has 0 radical (unpaired) electrons. The van der Waals surface area contributed by atoms with Crippen LogP contribution in [-0.2, 0) is 6.42 Å². The van der Waals surface area contributed by atoms with E-state index in [0.717, 1.165) is 18.4 Å². The van der Waals surface area contributed by atoms with E-state index in [2.05, 4.69) is 27.6 Å². The molecule has 1 aliphatic heterocycles. The van der Waals surface area contributed by atoms with E-state index >= 15 is 0 Å². The number of rotatable bonds is 5. The summed E-state index contributed by atoms with van der Waals surface area (Å²) in [5.41, 5.74) is 2.13. The SMILES string of the molecule is O=C(NCCc1ccccc1)N1CCC(c2noc(-c3ccccc3)n2)C1. The lowest BCUT2D eigenvalue weighted by molar-refractivity contribution is 0.208. The number of benzene rings is 2. The molecule has 1 aromatic heterocycles. The van der Waals surface area contributed by atoms with Crippen LogP contribution in [0.2, 0.25) is 0 Å². The fraction of sp³-hybridized carbons (Fsp3) is 0.286. The molecule has 1 N–H and O–H groups in total. The van der Waals surface area contributed by atoms with E-state index in [0.29, 0.717) is 31.3 Å². The van der Waals surface area contributed by atoms with E-state index in [1.807, 2.05) is 53.4 Å². The van der Waals surface area contributed by atoms with Crippen LogP contribution in [0.25, 0.3) is 11.5 Å². The summed E-state index contributed by atoms with van der Waals surface area (Å²) in [5, 5.41) is 7.12. The molecule has 0 spiro atoms. The van der Waals surface area contributed by atoms with E-state index in [1.54, 1.807) is 0 Å². The van der Waals surface area contributed by atoms with Crippen molar-refractivity contribution in [3.8, 4) is 11.5 Å². The van der Waals surface area contributed by atoms with E-state index in [4.69, 9.17) is 4.52 Å². The Hall–Kier alpha value is -3.15. The number of amides is 2. The standard InChI is InChI=1S/C21H22N4O2/c26-21(22-13-11-16-7-3-1-4-8-16)25-14-12-18(15-25)19-23-20(27-24-19)17-9-5-2-6-10-17/h1-10,18H,11-15H2,(H,22,26). The summed E-state index contributed by atoms with van der Waals surface area (Å²) in [6, 6.07) is 19.8. The summed E-state index contributed by atoms with van der Waals surface area (Å²) < 4.78 is 5.39. The molecule has 1 atom stereocenters. The van der Waals surface area contributed by atoms with Gasteiger partial charge in [-0.2, -0.15) is 4.98 Å². The highest BCUT2D eigenvalue weighted by atomic mass is 16.5. The van der Waals surface area contributed by atoms with Gasteiger partial charge in [0, 0.05) is 31.1 Å². The molecule has 1 fully saturated rings. The fourth-order valence-electron chi connectivity index (χ4n) is 3.32. The summed E-state index contributed by atoms with van der Waals surface area (Å²) in [4.78, 5) is 18.7. The summed E-state index contributed by atoms with van der Waals surface area (Å²) >= 11 is 0. The molecule has 27 heavy (non-hydrogen) atoms. The predicted octanol–water partition coefficient (Wildman–Crippen LogP) is 3.48. The Balaban J connectivity index is 1.29. The molecule has 4 rings (SSSR count). The topological polar surface area (TPSA) is 71.3 Å². The number of likely N-dealkylation sites (tertiary alicyclic amines) is 1. The molecule has 1 saturated heterocycles. The van der Waals surface area contributed by atoms with Gasteiger partial charge >= 0.3 is 6.03 Å². The van der Waals surface area contributed by atoms with Crippen LogP contribution in [0.3, 0.4) is 0 Å². The van der Waals surface area contributed by atoms with Crippen molar-refractivity contribution in [2.75, 3.05) is 19.6 Å². The van der Waals surface area contributed by atoms with E-state index in [1.165, 1.54) is 5.56 Å². The lowest BCUT2D eigenvalue weighted by Gasteiger charge is -2.16. The third-order valence-electron chi connectivity index (χ3n) is 4.84. The normalized spacial score (nSPS) is 16.4. The molecule has 6 heteroatoms. The van der Waals surface area contributed by atoms with Crippen LogP contribution in [0.15, 0.2) is 65.2 Å². The van der Waals surface area contributed by atoms with Crippen LogP contribution in [0.1, 0.15) is 23.7 Å². The minimum atomic E-state index is -0.0276. The van der Waals surface area contributed by atoms with Crippen molar-refractivity contribution in [1.82, 2.24) is 20.4 Å². The van der Waals surface area contributed by atoms with Gasteiger partial charge in [-0.25, -0.2) is 4.79 Å². The number of carbonyl (C=O) groups excluding carboxylic acids is 1. The molecule has 2 heterocycles. The molecule has 0 bridgehead atoms. The Bertz CT molecular complexity index is 879. The minimum absolute atomic E-state index is 0.0276. The first kappa shape index (κ1) is 17.3. The zero-order valence-corrected chi connectivity index (χ0v) is 15.0. The Morgan fingerprint density at radius 3 is 2.63 bits per heavy atom. The molecule has 2 aromatic carbocycles. The molecule has 6 nitrogen and oxygen atoms in total. The van der Waals surface area contributed by atoms with Crippen LogP contribution in [-0.4, -0.2) is 40.7 Å². The van der Waals surface area contributed by atoms with Gasteiger partial charge in [-0.3, -0.25) is 0 Å². The van der Waals surface area contributed by atoms with Crippen LogP contribution >= 0.6 is 0 Å². The van der Waals surface area contributed by atoms with Crippen molar-refractivity contribution in [3.63, 3.8) is 0 Å². The van der Waals surface area contributed by atoms with Gasteiger partial charge in [0.25, 0.3) is 5.89 Å². The van der Waals surface area contributed by atoms with Gasteiger partial charge < -0.3 is 14.7 Å². The maximum Gasteiger partial charge on any atom is 0.317 e. The zero-order valence-electron chi connectivity index (χ0n) is 15.0. The Morgan fingerprint density at radius 1 is 1.11 bits per heavy atom. The molecule has 3 aromatic rings. The average Bonchev–Trinajstić information content (AvgIpc) is 3.39. The maximum absolute atomic E-state index is 12.4. The van der Waals surface area contributed by atoms with Crippen molar-refractivity contribution in [1.29, 1.82) is 0 Å². The van der Waals surface area contributed by atoms with E-state index in [9.17, 15) is 4.79 Å². The second-order valence-electron chi connectivity index (χ2n) is 6.72. The van der Waals surface area contributed by atoms with E-state index in [-0.39, 0.29) is 11.9 Å². The molecule has 1 aliphatic rings. The smallest absolute Gasteiger partial charge is 0.317 e. The van der Waals surface area contributed by atoms with Crippen LogP contribution in [0, 0.1) is 0 Å². The first-order valence-corrected chi connectivity index (χ1v) is 9.25. The number of carbonyl (C=O) groups is 1. The molecule has 2 amide bonds. The molecule has 0 aliphatic carbocycles. The predicted molar refractivity (Wildman–Crippen MR) is 102 cm³/mol. The van der Waals surface area contributed by atoms with E-state index < -0.39 is 0 Å². The summed E-state index contributed by atoms with van der Waals surface area (Å²) in [6.07, 6.45) is 1.68. The second kappa shape index (κ2) is 8.03. The third kappa shape index (κ3) is 4.16. The number of nitrogens with zero attached hydrogens (tertiary/aromatic N) is 3. The number of nitrogens with one attached hydrogen (secondary N) is 1. The molecule has 1 unspecified atom stereocenters. The van der Waals surface area contributed by atoms with Gasteiger partial charge in [0.15, 0.2) is 5.82 Å². The number of hydrogen-bond donors (Lipinski definition) is 1. The lowest BCUT2D eigenvalue weighted by Crippen LogP contribution is -2.39. The van der Waals surface area contributed by atoms with Crippen LogP contribution < -0.4 is 5.32 Å². The monoisotopic (exact) mass is 362 g/mol. The fourth-order valence-corrected chi connectivity index (χ4v) is 3.32. The van der Waals surface area contributed by atoms with Crippen molar-refractivity contribution in [2.45, 2.75) is 18.8 Å². The quantitative estimate of drug-likeness (QED) is 0.754. The van der Waals surface area contributed by atoms with Gasteiger partial charge in [0.1, 0.15) is 0 Å². The Labute approximate surface area is 158 Å². The summed E-state index contributed by atoms with van der Waals surface area (Å²) in [6.45, 7) is 1.95. The molecule has 0 saturated carbocycles. The highest BCUT2D eigenvalue weighted by molar-refractivity contribution is 5.74. The Kier molecular flexibility index (Phi) is 5.14. The number of urea groups is 1. The van der Waals surface area contributed by atoms with Crippen molar-refractivity contribution < 1.29 is 9.32 Å². The first-order valence-electron chi connectivity index (χ1n) is 9.25. The van der Waals surface area contributed by atoms with Crippen LogP contribution in [0.5, 0.6) is 0 Å². The second-order valence-corrected chi connectivity index (χ2v) is 6.72. The number of aromatic nitrogens is 2. The van der Waals surface area contributed by atoms with Crippen molar-refractivity contribution in [2.24, 2.45) is 0 Å². The molecule has 138 valence electrons. The highest BCUT2D eigenvalue weighted by Gasteiger charge is 2.30.